The predicted molar refractivity (Wildman–Crippen MR) is 64.3 cm³/mol. The second kappa shape index (κ2) is 6.14. The molecule has 96 valence electrons. The van der Waals surface area contributed by atoms with Crippen LogP contribution < -0.4 is 4.72 Å². The van der Waals surface area contributed by atoms with Gasteiger partial charge in [0, 0.05) is 13.0 Å². The van der Waals surface area contributed by atoms with Gasteiger partial charge in [-0.15, -0.1) is 0 Å². The molecule has 1 aromatic rings. The van der Waals surface area contributed by atoms with E-state index >= 15 is 0 Å². The summed E-state index contributed by atoms with van der Waals surface area (Å²) >= 11 is 0. The van der Waals surface area contributed by atoms with Crippen molar-refractivity contribution in [2.24, 2.45) is 0 Å². The highest BCUT2D eigenvalue weighted by atomic mass is 32.2. The molecule has 1 rings (SSSR count). The van der Waals surface area contributed by atoms with Crippen LogP contribution in [0.5, 0.6) is 0 Å². The van der Waals surface area contributed by atoms with Gasteiger partial charge in [-0.1, -0.05) is 12.1 Å². The van der Waals surface area contributed by atoms with Gasteiger partial charge in [-0.25, -0.2) is 17.9 Å². The number of nitriles is 1. The molecule has 0 fully saturated rings. The topological polar surface area (TPSA) is 107 Å². The third-order valence-corrected chi connectivity index (χ3v) is 3.45. The number of sulfonamides is 1. The normalized spacial score (nSPS) is 10.8. The Morgan fingerprint density at radius 2 is 2.17 bits per heavy atom. The smallest absolute Gasteiger partial charge is 0.335 e. The number of carboxylic acids is 1. The van der Waals surface area contributed by atoms with Crippen molar-refractivity contribution in [1.82, 2.24) is 4.72 Å². The van der Waals surface area contributed by atoms with Gasteiger partial charge < -0.3 is 5.11 Å². The molecule has 0 aliphatic carbocycles. The van der Waals surface area contributed by atoms with Crippen molar-refractivity contribution >= 4 is 16.0 Å². The van der Waals surface area contributed by atoms with Crippen molar-refractivity contribution in [3.63, 3.8) is 0 Å². The standard InChI is InChI=1S/C11H12N2O4S/c12-5-2-6-13-18(16,17)8-9-3-1-4-10(7-9)11(14)15/h1,3-4,7,13H,2,6,8H2,(H,14,15). The molecular weight excluding hydrogens is 256 g/mol. The summed E-state index contributed by atoms with van der Waals surface area (Å²) in [4.78, 5) is 10.7. The summed E-state index contributed by atoms with van der Waals surface area (Å²) in [6.07, 6.45) is 0.0917. The van der Waals surface area contributed by atoms with Crippen LogP contribution in [-0.2, 0) is 15.8 Å². The molecule has 0 radical (unpaired) electrons. The van der Waals surface area contributed by atoms with Gasteiger partial charge in [0.15, 0.2) is 0 Å². The molecule has 0 aromatic heterocycles. The van der Waals surface area contributed by atoms with Gasteiger partial charge in [0.25, 0.3) is 0 Å². The molecule has 7 heteroatoms. The summed E-state index contributed by atoms with van der Waals surface area (Å²) in [5.74, 6) is -1.41. The molecule has 0 atom stereocenters. The summed E-state index contributed by atoms with van der Waals surface area (Å²) < 4.78 is 25.4. The van der Waals surface area contributed by atoms with Crippen molar-refractivity contribution in [3.8, 4) is 6.07 Å². The lowest BCUT2D eigenvalue weighted by Gasteiger charge is -2.05. The van der Waals surface area contributed by atoms with Crippen molar-refractivity contribution in [2.75, 3.05) is 6.54 Å². The number of aromatic carboxylic acids is 1. The van der Waals surface area contributed by atoms with Crippen LogP contribution in [0.1, 0.15) is 22.3 Å². The molecule has 1 aromatic carbocycles. The Bertz CT molecular complexity index is 575. The van der Waals surface area contributed by atoms with Crippen molar-refractivity contribution < 1.29 is 18.3 Å². The highest BCUT2D eigenvalue weighted by Gasteiger charge is 2.12. The zero-order chi connectivity index (χ0) is 13.6. The molecule has 0 saturated heterocycles. The minimum absolute atomic E-state index is 0.0414. The van der Waals surface area contributed by atoms with Crippen LogP contribution in [0.4, 0.5) is 0 Å². The van der Waals surface area contributed by atoms with E-state index < -0.39 is 16.0 Å². The molecule has 0 unspecified atom stereocenters. The number of hydrogen-bond donors (Lipinski definition) is 2. The summed E-state index contributed by atoms with van der Waals surface area (Å²) in [6, 6.07) is 7.55. The number of carboxylic acid groups (broad SMARTS) is 1. The minimum atomic E-state index is -3.54. The molecule has 0 saturated carbocycles. The van der Waals surface area contributed by atoms with Crippen LogP contribution in [0.25, 0.3) is 0 Å². The highest BCUT2D eigenvalue weighted by molar-refractivity contribution is 7.88. The number of nitrogens with zero attached hydrogens (tertiary/aromatic N) is 1. The van der Waals surface area contributed by atoms with Crippen LogP contribution in [-0.4, -0.2) is 26.0 Å². The van der Waals surface area contributed by atoms with Gasteiger partial charge in [0.05, 0.1) is 17.4 Å². The molecule has 0 spiro atoms. The lowest BCUT2D eigenvalue weighted by atomic mass is 10.1. The van der Waals surface area contributed by atoms with E-state index in [1.54, 1.807) is 0 Å². The second-order valence-corrected chi connectivity index (χ2v) is 5.37. The van der Waals surface area contributed by atoms with E-state index in [1.165, 1.54) is 24.3 Å². The Balaban J connectivity index is 2.75. The van der Waals surface area contributed by atoms with Crippen molar-refractivity contribution in [3.05, 3.63) is 35.4 Å². The van der Waals surface area contributed by atoms with E-state index in [2.05, 4.69) is 4.72 Å². The van der Waals surface area contributed by atoms with Crippen LogP contribution >= 0.6 is 0 Å². The van der Waals surface area contributed by atoms with Crippen LogP contribution in [0.2, 0.25) is 0 Å². The molecule has 6 nitrogen and oxygen atoms in total. The molecular formula is C11H12N2O4S. The summed E-state index contributed by atoms with van der Waals surface area (Å²) in [5, 5.41) is 17.1. The summed E-state index contributed by atoms with van der Waals surface area (Å²) in [6.45, 7) is 0.0530. The monoisotopic (exact) mass is 268 g/mol. The quantitative estimate of drug-likeness (QED) is 0.739. The maximum atomic E-state index is 11.6. The average Bonchev–Trinajstić information content (AvgIpc) is 2.28. The molecule has 0 aliphatic heterocycles. The minimum Gasteiger partial charge on any atom is -0.478 e. The zero-order valence-corrected chi connectivity index (χ0v) is 10.3. The van der Waals surface area contributed by atoms with Crippen LogP contribution in [0, 0.1) is 11.3 Å². The third kappa shape index (κ3) is 4.53. The summed E-state index contributed by atoms with van der Waals surface area (Å²) in [7, 11) is -3.54. The van der Waals surface area contributed by atoms with E-state index in [0.29, 0.717) is 5.56 Å². The Labute approximate surface area is 105 Å². The maximum Gasteiger partial charge on any atom is 0.335 e. The Morgan fingerprint density at radius 3 is 2.78 bits per heavy atom. The Hall–Kier alpha value is -1.91. The number of benzene rings is 1. The van der Waals surface area contributed by atoms with Gasteiger partial charge in [0.1, 0.15) is 0 Å². The first kappa shape index (κ1) is 14.2. The van der Waals surface area contributed by atoms with Crippen molar-refractivity contribution in [2.45, 2.75) is 12.2 Å². The SMILES string of the molecule is N#CCCNS(=O)(=O)Cc1cccc(C(=O)O)c1. The lowest BCUT2D eigenvalue weighted by molar-refractivity contribution is 0.0696. The van der Waals surface area contributed by atoms with Gasteiger partial charge >= 0.3 is 5.97 Å². The van der Waals surface area contributed by atoms with Crippen LogP contribution in [0.15, 0.2) is 24.3 Å². The van der Waals surface area contributed by atoms with Crippen molar-refractivity contribution in [1.29, 1.82) is 5.26 Å². The summed E-state index contributed by atoms with van der Waals surface area (Å²) in [5.41, 5.74) is 0.430. The number of rotatable bonds is 6. The fourth-order valence-corrected chi connectivity index (χ4v) is 2.46. The molecule has 2 N–H and O–H groups in total. The first-order valence-electron chi connectivity index (χ1n) is 5.11. The Kier molecular flexibility index (Phi) is 4.83. The van der Waals surface area contributed by atoms with E-state index in [9.17, 15) is 13.2 Å². The molecule has 0 amide bonds. The Morgan fingerprint density at radius 1 is 1.44 bits per heavy atom. The fraction of sp³-hybridized carbons (Fsp3) is 0.273. The first-order chi connectivity index (χ1) is 8.44. The van der Waals surface area contributed by atoms with E-state index in [-0.39, 0.29) is 24.3 Å². The largest absolute Gasteiger partial charge is 0.478 e. The van der Waals surface area contributed by atoms with E-state index in [1.807, 2.05) is 6.07 Å². The second-order valence-electron chi connectivity index (χ2n) is 3.57. The predicted octanol–water partition coefficient (Wildman–Crippen LogP) is 0.718. The first-order valence-corrected chi connectivity index (χ1v) is 6.76. The maximum absolute atomic E-state index is 11.6. The van der Waals surface area contributed by atoms with E-state index in [0.717, 1.165) is 0 Å². The molecule has 18 heavy (non-hydrogen) atoms. The van der Waals surface area contributed by atoms with Crippen LogP contribution in [0.3, 0.4) is 0 Å². The average molecular weight is 268 g/mol. The van der Waals surface area contributed by atoms with Gasteiger partial charge in [-0.2, -0.15) is 5.26 Å². The lowest BCUT2D eigenvalue weighted by Crippen LogP contribution is -2.26. The number of hydrogen-bond acceptors (Lipinski definition) is 4. The molecule has 0 heterocycles. The zero-order valence-electron chi connectivity index (χ0n) is 9.46. The van der Waals surface area contributed by atoms with Gasteiger partial charge in [0.2, 0.25) is 10.0 Å². The van der Waals surface area contributed by atoms with E-state index in [4.69, 9.17) is 10.4 Å². The molecule has 0 bridgehead atoms. The fourth-order valence-electron chi connectivity index (χ4n) is 1.33. The number of carbonyl (C=O) groups is 1. The van der Waals surface area contributed by atoms with Gasteiger partial charge in [-0.3, -0.25) is 0 Å². The number of nitrogens with one attached hydrogen (secondary N) is 1. The van der Waals surface area contributed by atoms with Gasteiger partial charge in [-0.05, 0) is 17.7 Å². The highest BCUT2D eigenvalue weighted by Crippen LogP contribution is 2.08. The third-order valence-electron chi connectivity index (χ3n) is 2.09. The molecule has 0 aliphatic rings.